The van der Waals surface area contributed by atoms with Gasteiger partial charge < -0.3 is 9.52 Å². The molecule has 7 nitrogen and oxygen atoms in total. The van der Waals surface area contributed by atoms with Gasteiger partial charge in [0.25, 0.3) is 0 Å². The van der Waals surface area contributed by atoms with Gasteiger partial charge in [-0.3, -0.25) is 15.0 Å². The zero-order valence-corrected chi connectivity index (χ0v) is 10.3. The number of aliphatic hydroxyl groups excluding tert-OH is 1. The Bertz CT molecular complexity index is 364. The number of aliphatic hydroxyl groups is 1. The maximum Gasteiger partial charge on any atom is 0.322 e. The zero-order valence-electron chi connectivity index (χ0n) is 10.3. The number of hydrogen-bond donors (Lipinski definition) is 2. The van der Waals surface area contributed by atoms with E-state index in [-0.39, 0.29) is 31.1 Å². The summed E-state index contributed by atoms with van der Waals surface area (Å²) in [5.41, 5.74) is 0. The molecule has 0 saturated heterocycles. The summed E-state index contributed by atoms with van der Waals surface area (Å²) >= 11 is 0. The summed E-state index contributed by atoms with van der Waals surface area (Å²) in [5, 5.41) is 18.7. The summed E-state index contributed by atoms with van der Waals surface area (Å²) in [7, 11) is 0. The van der Waals surface area contributed by atoms with Gasteiger partial charge in [-0.1, -0.05) is 5.10 Å². The minimum atomic E-state index is -0.240. The van der Waals surface area contributed by atoms with Crippen LogP contribution in [0.25, 0.3) is 0 Å². The van der Waals surface area contributed by atoms with Gasteiger partial charge in [-0.25, -0.2) is 0 Å². The highest BCUT2D eigenvalue weighted by molar-refractivity contribution is 5.90. The van der Waals surface area contributed by atoms with Crippen molar-refractivity contribution >= 4 is 11.9 Å². The summed E-state index contributed by atoms with van der Waals surface area (Å²) in [6.07, 6.45) is 0. The average molecular weight is 242 g/mol. The van der Waals surface area contributed by atoms with Crippen molar-refractivity contribution in [3.63, 3.8) is 0 Å². The molecule has 1 amide bonds. The van der Waals surface area contributed by atoms with E-state index in [2.05, 4.69) is 15.5 Å². The van der Waals surface area contributed by atoms with Crippen molar-refractivity contribution in [1.82, 2.24) is 15.1 Å². The monoisotopic (exact) mass is 242 g/mol. The van der Waals surface area contributed by atoms with Crippen molar-refractivity contribution in [2.24, 2.45) is 0 Å². The second kappa shape index (κ2) is 6.31. The molecule has 2 N–H and O–H groups in total. The minimum Gasteiger partial charge on any atom is -0.408 e. The fraction of sp³-hybridized carbons (Fsp3) is 0.700. The molecule has 0 radical (unpaired) electrons. The van der Waals surface area contributed by atoms with E-state index in [9.17, 15) is 4.79 Å². The van der Waals surface area contributed by atoms with Crippen LogP contribution in [-0.4, -0.2) is 51.8 Å². The van der Waals surface area contributed by atoms with Crippen LogP contribution in [0.15, 0.2) is 4.42 Å². The number of hydrogen-bond acceptors (Lipinski definition) is 6. The number of nitrogens with zero attached hydrogens (tertiary/aromatic N) is 3. The number of aromatic nitrogens is 2. The minimum absolute atomic E-state index is 0.0190. The molecule has 1 rings (SSSR count). The summed E-state index contributed by atoms with van der Waals surface area (Å²) in [4.78, 5) is 13.5. The van der Waals surface area contributed by atoms with E-state index in [1.165, 1.54) is 0 Å². The van der Waals surface area contributed by atoms with Gasteiger partial charge in [-0.15, -0.1) is 5.10 Å². The lowest BCUT2D eigenvalue weighted by Crippen LogP contribution is -2.39. The van der Waals surface area contributed by atoms with Gasteiger partial charge >= 0.3 is 6.01 Å². The van der Waals surface area contributed by atoms with Crippen LogP contribution in [0.2, 0.25) is 0 Å². The molecule has 0 fully saturated rings. The fourth-order valence-electron chi connectivity index (χ4n) is 1.34. The molecule has 0 saturated carbocycles. The molecule has 0 bridgehead atoms. The van der Waals surface area contributed by atoms with Crippen molar-refractivity contribution in [3.8, 4) is 0 Å². The Morgan fingerprint density at radius 2 is 2.24 bits per heavy atom. The van der Waals surface area contributed by atoms with Crippen LogP contribution in [0.3, 0.4) is 0 Å². The van der Waals surface area contributed by atoms with Gasteiger partial charge in [0.05, 0.1) is 13.2 Å². The third-order valence-electron chi connectivity index (χ3n) is 2.24. The summed E-state index contributed by atoms with van der Waals surface area (Å²) in [6.45, 7) is 6.22. The predicted octanol–water partition coefficient (Wildman–Crippen LogP) is 0.0192. The number of anilines is 1. The van der Waals surface area contributed by atoms with Gasteiger partial charge in [0.15, 0.2) is 0 Å². The van der Waals surface area contributed by atoms with Crippen LogP contribution in [0, 0.1) is 6.92 Å². The van der Waals surface area contributed by atoms with Crippen LogP contribution in [0.5, 0.6) is 0 Å². The number of carbonyl (C=O) groups is 1. The van der Waals surface area contributed by atoms with Gasteiger partial charge in [0.1, 0.15) is 0 Å². The number of amides is 1. The quantitative estimate of drug-likeness (QED) is 0.730. The number of rotatable bonds is 6. The normalized spacial score (nSPS) is 11.2. The molecule has 7 heteroatoms. The van der Waals surface area contributed by atoms with Crippen LogP contribution < -0.4 is 5.32 Å². The molecule has 1 aromatic rings. The van der Waals surface area contributed by atoms with E-state index < -0.39 is 0 Å². The van der Waals surface area contributed by atoms with Crippen molar-refractivity contribution in [2.45, 2.75) is 26.8 Å². The topological polar surface area (TPSA) is 91.5 Å². The second-order valence-electron chi connectivity index (χ2n) is 3.96. The molecule has 1 heterocycles. The Kier molecular flexibility index (Phi) is 5.05. The molecular weight excluding hydrogens is 224 g/mol. The van der Waals surface area contributed by atoms with E-state index in [0.29, 0.717) is 12.4 Å². The molecule has 0 aliphatic heterocycles. The third-order valence-corrected chi connectivity index (χ3v) is 2.24. The first-order valence-corrected chi connectivity index (χ1v) is 5.47. The third kappa shape index (κ3) is 4.49. The zero-order chi connectivity index (χ0) is 12.8. The van der Waals surface area contributed by atoms with E-state index in [4.69, 9.17) is 9.52 Å². The van der Waals surface area contributed by atoms with Crippen LogP contribution >= 0.6 is 0 Å². The first-order chi connectivity index (χ1) is 8.02. The van der Waals surface area contributed by atoms with E-state index >= 15 is 0 Å². The lowest BCUT2D eigenvalue weighted by atomic mass is 10.3. The van der Waals surface area contributed by atoms with Gasteiger partial charge in [-0.05, 0) is 13.8 Å². The maximum absolute atomic E-state index is 11.6. The van der Waals surface area contributed by atoms with Crippen molar-refractivity contribution in [2.75, 3.05) is 25.0 Å². The van der Waals surface area contributed by atoms with Gasteiger partial charge in [0.2, 0.25) is 11.8 Å². The van der Waals surface area contributed by atoms with Crippen molar-refractivity contribution in [1.29, 1.82) is 0 Å². The predicted molar refractivity (Wildman–Crippen MR) is 61.5 cm³/mol. The molecule has 0 atom stereocenters. The van der Waals surface area contributed by atoms with Crippen molar-refractivity contribution < 1.29 is 14.3 Å². The lowest BCUT2D eigenvalue weighted by Gasteiger charge is -2.24. The highest BCUT2D eigenvalue weighted by Crippen LogP contribution is 2.04. The maximum atomic E-state index is 11.6. The Hall–Kier alpha value is -1.47. The molecule has 0 aromatic carbocycles. The summed E-state index contributed by atoms with van der Waals surface area (Å²) in [5.74, 6) is 0.159. The van der Waals surface area contributed by atoms with Crippen LogP contribution in [0.4, 0.5) is 6.01 Å². The Balaban J connectivity index is 2.47. The average Bonchev–Trinajstić information content (AvgIpc) is 2.63. The molecule has 96 valence electrons. The highest BCUT2D eigenvalue weighted by Gasteiger charge is 2.15. The summed E-state index contributed by atoms with van der Waals surface area (Å²) < 4.78 is 5.03. The largest absolute Gasteiger partial charge is 0.408 e. The number of carbonyl (C=O) groups excluding carboxylic acids is 1. The molecule has 0 unspecified atom stereocenters. The SMILES string of the molecule is Cc1nnc(NC(=O)CN(CCO)C(C)C)o1. The molecule has 17 heavy (non-hydrogen) atoms. The Morgan fingerprint density at radius 1 is 1.53 bits per heavy atom. The standard InChI is InChI=1S/C10H18N4O3/c1-7(2)14(4-5-15)6-9(16)11-10-13-12-8(3)17-10/h7,15H,4-6H2,1-3H3,(H,11,13,16). The fourth-order valence-corrected chi connectivity index (χ4v) is 1.34. The first kappa shape index (κ1) is 13.6. The Morgan fingerprint density at radius 3 is 2.71 bits per heavy atom. The smallest absolute Gasteiger partial charge is 0.322 e. The van der Waals surface area contributed by atoms with Crippen molar-refractivity contribution in [3.05, 3.63) is 5.89 Å². The second-order valence-corrected chi connectivity index (χ2v) is 3.96. The molecule has 0 aliphatic rings. The molecule has 0 aliphatic carbocycles. The molecular formula is C10H18N4O3. The first-order valence-electron chi connectivity index (χ1n) is 5.47. The molecule has 0 spiro atoms. The van der Waals surface area contributed by atoms with E-state index in [1.807, 2.05) is 18.7 Å². The van der Waals surface area contributed by atoms with E-state index in [0.717, 1.165) is 0 Å². The highest BCUT2D eigenvalue weighted by atomic mass is 16.4. The molecule has 1 aromatic heterocycles. The van der Waals surface area contributed by atoms with Gasteiger partial charge in [0, 0.05) is 19.5 Å². The lowest BCUT2D eigenvalue weighted by molar-refractivity contribution is -0.118. The Labute approximate surface area is 99.8 Å². The van der Waals surface area contributed by atoms with Crippen LogP contribution in [-0.2, 0) is 4.79 Å². The summed E-state index contributed by atoms with van der Waals surface area (Å²) in [6, 6.07) is 0.275. The number of aryl methyl sites for hydroxylation is 1. The number of nitrogens with one attached hydrogen (secondary N) is 1. The van der Waals surface area contributed by atoms with E-state index in [1.54, 1.807) is 6.92 Å². The van der Waals surface area contributed by atoms with Gasteiger partial charge in [-0.2, -0.15) is 0 Å². The van der Waals surface area contributed by atoms with Crippen LogP contribution in [0.1, 0.15) is 19.7 Å².